The van der Waals surface area contributed by atoms with Crippen LogP contribution in [0, 0.1) is 0 Å². The van der Waals surface area contributed by atoms with E-state index in [1.165, 1.54) is 17.3 Å². The van der Waals surface area contributed by atoms with Crippen LogP contribution >= 0.6 is 12.4 Å². The van der Waals surface area contributed by atoms with Gasteiger partial charge in [0, 0.05) is 12.2 Å². The summed E-state index contributed by atoms with van der Waals surface area (Å²) in [4.78, 5) is 16.2. The van der Waals surface area contributed by atoms with Crippen molar-refractivity contribution in [1.82, 2.24) is 10.3 Å². The van der Waals surface area contributed by atoms with Crippen molar-refractivity contribution in [2.75, 3.05) is 19.0 Å². The highest BCUT2D eigenvalue weighted by Crippen LogP contribution is 2.19. The zero-order valence-electron chi connectivity index (χ0n) is 12.3. The number of methoxy groups -OCH3 is 1. The Kier molecular flexibility index (Phi) is 5.35. The van der Waals surface area contributed by atoms with E-state index in [4.69, 9.17) is 4.74 Å². The smallest absolute Gasteiger partial charge is 0.274 e. The third kappa shape index (κ3) is 3.55. The van der Waals surface area contributed by atoms with Crippen LogP contribution in [0.3, 0.4) is 0 Å². The maximum absolute atomic E-state index is 12.2. The number of nitrogens with one attached hydrogen (secondary N) is 2. The third-order valence-corrected chi connectivity index (χ3v) is 3.56. The predicted molar refractivity (Wildman–Crippen MR) is 87.8 cm³/mol. The van der Waals surface area contributed by atoms with Gasteiger partial charge in [-0.15, -0.1) is 12.4 Å². The fraction of sp³-hybridized carbons (Fsp3) is 0.250. The molecule has 0 saturated carbocycles. The fourth-order valence-corrected chi connectivity index (χ4v) is 2.39. The van der Waals surface area contributed by atoms with Crippen LogP contribution in [0.5, 0.6) is 5.75 Å². The van der Waals surface area contributed by atoms with Crippen LogP contribution in [0.25, 0.3) is 0 Å². The van der Waals surface area contributed by atoms with Crippen molar-refractivity contribution in [1.29, 1.82) is 0 Å². The summed E-state index contributed by atoms with van der Waals surface area (Å²) >= 11 is 0. The second-order valence-corrected chi connectivity index (χ2v) is 4.95. The van der Waals surface area contributed by atoms with Crippen molar-refractivity contribution in [2.45, 2.75) is 13.0 Å². The number of pyridine rings is 1. The van der Waals surface area contributed by atoms with Crippen molar-refractivity contribution < 1.29 is 9.53 Å². The van der Waals surface area contributed by atoms with E-state index < -0.39 is 0 Å². The molecule has 1 amide bonds. The van der Waals surface area contributed by atoms with Gasteiger partial charge in [0.25, 0.3) is 5.91 Å². The topological polar surface area (TPSA) is 63.2 Å². The van der Waals surface area contributed by atoms with Gasteiger partial charge in [0.2, 0.25) is 0 Å². The Morgan fingerprint density at radius 3 is 2.86 bits per heavy atom. The van der Waals surface area contributed by atoms with Gasteiger partial charge in [-0.1, -0.05) is 6.07 Å². The Morgan fingerprint density at radius 2 is 2.14 bits per heavy atom. The lowest BCUT2D eigenvalue weighted by Crippen LogP contribution is -2.23. The van der Waals surface area contributed by atoms with Crippen LogP contribution in [-0.2, 0) is 13.0 Å². The van der Waals surface area contributed by atoms with E-state index in [9.17, 15) is 4.79 Å². The molecule has 5 nitrogen and oxygen atoms in total. The average Bonchev–Trinajstić information content (AvgIpc) is 2.55. The standard InChI is InChI=1S/C16H17N3O2.ClH/c1-21-14-4-5-15(18-10-14)16(20)19-13-3-2-11-6-7-17-9-12(11)8-13;/h2-5,8,10,17H,6-7,9H2,1H3,(H,19,20);1H. The Balaban J connectivity index is 0.00000176. The summed E-state index contributed by atoms with van der Waals surface area (Å²) in [6.07, 6.45) is 2.56. The molecule has 2 N–H and O–H groups in total. The number of ether oxygens (including phenoxy) is 1. The van der Waals surface area contributed by atoms with E-state index in [0.29, 0.717) is 11.4 Å². The van der Waals surface area contributed by atoms with E-state index in [1.807, 2.05) is 12.1 Å². The summed E-state index contributed by atoms with van der Waals surface area (Å²) in [7, 11) is 1.57. The molecule has 1 aromatic carbocycles. The molecule has 2 aromatic rings. The molecule has 0 bridgehead atoms. The Bertz CT molecular complexity index is 659. The number of carbonyl (C=O) groups is 1. The monoisotopic (exact) mass is 319 g/mol. The predicted octanol–water partition coefficient (Wildman–Crippen LogP) is 2.41. The second kappa shape index (κ2) is 7.24. The van der Waals surface area contributed by atoms with Crippen LogP contribution in [0.1, 0.15) is 21.6 Å². The summed E-state index contributed by atoms with van der Waals surface area (Å²) < 4.78 is 5.03. The van der Waals surface area contributed by atoms with E-state index >= 15 is 0 Å². The van der Waals surface area contributed by atoms with Gasteiger partial charge >= 0.3 is 0 Å². The molecule has 0 radical (unpaired) electrons. The van der Waals surface area contributed by atoms with Crippen LogP contribution < -0.4 is 15.4 Å². The number of aromatic nitrogens is 1. The van der Waals surface area contributed by atoms with Gasteiger partial charge in [0.15, 0.2) is 0 Å². The number of nitrogens with zero attached hydrogens (tertiary/aromatic N) is 1. The Labute approximate surface area is 135 Å². The van der Waals surface area contributed by atoms with E-state index in [0.717, 1.165) is 25.2 Å². The average molecular weight is 320 g/mol. The lowest BCUT2D eigenvalue weighted by molar-refractivity contribution is 0.102. The molecular formula is C16H18ClN3O2. The highest BCUT2D eigenvalue weighted by molar-refractivity contribution is 6.02. The highest BCUT2D eigenvalue weighted by Gasteiger charge is 2.11. The number of hydrogen-bond donors (Lipinski definition) is 2. The first kappa shape index (κ1) is 16.3. The summed E-state index contributed by atoms with van der Waals surface area (Å²) in [5.74, 6) is 0.410. The first-order valence-corrected chi connectivity index (χ1v) is 6.90. The van der Waals surface area contributed by atoms with Gasteiger partial charge in [-0.05, 0) is 48.4 Å². The molecule has 3 rings (SSSR count). The summed E-state index contributed by atoms with van der Waals surface area (Å²) in [5.41, 5.74) is 3.74. The Morgan fingerprint density at radius 1 is 1.27 bits per heavy atom. The summed E-state index contributed by atoms with van der Waals surface area (Å²) in [6, 6.07) is 9.40. The van der Waals surface area contributed by atoms with Gasteiger partial charge in [0.05, 0.1) is 13.3 Å². The van der Waals surface area contributed by atoms with Gasteiger partial charge in [-0.2, -0.15) is 0 Å². The highest BCUT2D eigenvalue weighted by atomic mass is 35.5. The molecule has 1 aromatic heterocycles. The molecular weight excluding hydrogens is 302 g/mol. The largest absolute Gasteiger partial charge is 0.495 e. The second-order valence-electron chi connectivity index (χ2n) is 4.95. The number of rotatable bonds is 3. The molecule has 116 valence electrons. The molecule has 22 heavy (non-hydrogen) atoms. The number of amides is 1. The van der Waals surface area contributed by atoms with Crippen molar-refractivity contribution in [3.05, 3.63) is 53.3 Å². The molecule has 0 spiro atoms. The van der Waals surface area contributed by atoms with Crippen LogP contribution in [-0.4, -0.2) is 24.5 Å². The number of carbonyl (C=O) groups excluding carboxylic acids is 1. The minimum atomic E-state index is -0.221. The van der Waals surface area contributed by atoms with Crippen LogP contribution in [0.4, 0.5) is 5.69 Å². The summed E-state index contributed by atoms with van der Waals surface area (Å²) in [5, 5.41) is 6.20. The number of fused-ring (bicyclic) bond motifs is 1. The normalized spacial score (nSPS) is 12.8. The number of hydrogen-bond acceptors (Lipinski definition) is 4. The maximum atomic E-state index is 12.2. The molecule has 0 atom stereocenters. The zero-order valence-corrected chi connectivity index (χ0v) is 13.1. The molecule has 1 aliphatic rings. The van der Waals surface area contributed by atoms with Crippen molar-refractivity contribution in [3.63, 3.8) is 0 Å². The van der Waals surface area contributed by atoms with Crippen molar-refractivity contribution in [2.24, 2.45) is 0 Å². The molecule has 0 unspecified atom stereocenters. The van der Waals surface area contributed by atoms with E-state index in [2.05, 4.69) is 21.7 Å². The summed E-state index contributed by atoms with van der Waals surface area (Å²) in [6.45, 7) is 1.86. The number of halogens is 1. The number of benzene rings is 1. The minimum Gasteiger partial charge on any atom is -0.495 e. The molecule has 0 fully saturated rings. The maximum Gasteiger partial charge on any atom is 0.274 e. The van der Waals surface area contributed by atoms with Crippen molar-refractivity contribution >= 4 is 24.0 Å². The Hall–Kier alpha value is -2.11. The lowest BCUT2D eigenvalue weighted by atomic mass is 10.0. The fourth-order valence-electron chi connectivity index (χ4n) is 2.39. The molecule has 2 heterocycles. The van der Waals surface area contributed by atoms with Gasteiger partial charge in [-0.3, -0.25) is 4.79 Å². The molecule has 1 aliphatic heterocycles. The van der Waals surface area contributed by atoms with Gasteiger partial charge < -0.3 is 15.4 Å². The molecule has 0 aliphatic carbocycles. The van der Waals surface area contributed by atoms with E-state index in [-0.39, 0.29) is 18.3 Å². The zero-order chi connectivity index (χ0) is 14.7. The SMILES string of the molecule is COc1ccc(C(=O)Nc2ccc3c(c2)CNCC3)nc1.Cl. The number of anilines is 1. The first-order valence-electron chi connectivity index (χ1n) is 6.90. The van der Waals surface area contributed by atoms with Gasteiger partial charge in [-0.25, -0.2) is 4.98 Å². The van der Waals surface area contributed by atoms with Crippen LogP contribution in [0.15, 0.2) is 36.5 Å². The quantitative estimate of drug-likeness (QED) is 0.912. The third-order valence-electron chi connectivity index (χ3n) is 3.56. The first-order chi connectivity index (χ1) is 10.3. The molecule has 0 saturated heterocycles. The van der Waals surface area contributed by atoms with Crippen LogP contribution in [0.2, 0.25) is 0 Å². The minimum absolute atomic E-state index is 0. The van der Waals surface area contributed by atoms with Gasteiger partial charge in [0.1, 0.15) is 11.4 Å². The van der Waals surface area contributed by atoms with Crippen molar-refractivity contribution in [3.8, 4) is 5.75 Å². The lowest BCUT2D eigenvalue weighted by Gasteiger charge is -2.18. The van der Waals surface area contributed by atoms with E-state index in [1.54, 1.807) is 19.2 Å². The molecule has 6 heteroatoms.